The van der Waals surface area contributed by atoms with Gasteiger partial charge in [-0.25, -0.2) is 0 Å². The molecular weight excluding hydrogens is 361 g/mol. The molecule has 0 amide bonds. The largest absolute Gasteiger partial charge is 0.488 e. The Labute approximate surface area is 168 Å². The zero-order valence-electron chi connectivity index (χ0n) is 15.6. The number of hydrogen-bond acceptors (Lipinski definition) is 4. The van der Waals surface area contributed by atoms with Crippen LogP contribution in [-0.4, -0.2) is 17.2 Å². The Morgan fingerprint density at radius 3 is 1.97 bits per heavy atom. The van der Waals surface area contributed by atoms with Crippen LogP contribution in [0, 0.1) is 0 Å². The number of furan rings is 1. The third-order valence-electron chi connectivity index (χ3n) is 5.08. The van der Waals surface area contributed by atoms with Crippen LogP contribution in [0.3, 0.4) is 0 Å². The molecule has 0 fully saturated rings. The summed E-state index contributed by atoms with van der Waals surface area (Å²) in [5, 5.41) is 21.0. The highest BCUT2D eigenvalue weighted by molar-refractivity contribution is 6.58. The summed E-state index contributed by atoms with van der Waals surface area (Å²) in [6, 6.07) is 31.5. The lowest BCUT2D eigenvalue weighted by Gasteiger charge is -2.25. The summed E-state index contributed by atoms with van der Waals surface area (Å²) in [6.45, 7) is 0. The second-order valence-corrected chi connectivity index (χ2v) is 6.91. The van der Waals surface area contributed by atoms with Crippen molar-refractivity contribution in [3.8, 4) is 0 Å². The molecule has 0 spiro atoms. The molecule has 0 saturated heterocycles. The van der Waals surface area contributed by atoms with E-state index in [9.17, 15) is 10.0 Å². The van der Waals surface area contributed by atoms with Crippen LogP contribution in [0.1, 0.15) is 0 Å². The number of para-hydroxylation sites is 2. The fourth-order valence-electron chi connectivity index (χ4n) is 3.67. The van der Waals surface area contributed by atoms with Gasteiger partial charge in [-0.05, 0) is 54.0 Å². The minimum Gasteiger partial charge on any atom is -0.456 e. The van der Waals surface area contributed by atoms with Crippen LogP contribution >= 0.6 is 0 Å². The molecule has 140 valence electrons. The van der Waals surface area contributed by atoms with E-state index in [0.717, 1.165) is 39.0 Å². The molecule has 29 heavy (non-hydrogen) atoms. The topological polar surface area (TPSA) is 56.8 Å². The van der Waals surface area contributed by atoms with E-state index < -0.39 is 7.12 Å². The maximum atomic E-state index is 9.41. The van der Waals surface area contributed by atoms with Crippen molar-refractivity contribution in [1.29, 1.82) is 0 Å². The summed E-state index contributed by atoms with van der Waals surface area (Å²) in [5.41, 5.74) is 5.10. The van der Waals surface area contributed by atoms with Gasteiger partial charge in [0.2, 0.25) is 0 Å². The second-order valence-electron chi connectivity index (χ2n) is 6.91. The third kappa shape index (κ3) is 3.16. The number of nitrogens with zero attached hydrogens (tertiary/aromatic N) is 1. The van der Waals surface area contributed by atoms with Gasteiger partial charge in [0, 0.05) is 27.8 Å². The minimum atomic E-state index is -1.48. The Bertz CT molecular complexity index is 1280. The fourth-order valence-corrected chi connectivity index (χ4v) is 3.67. The quantitative estimate of drug-likeness (QED) is 0.443. The molecule has 5 rings (SSSR count). The molecule has 5 aromatic rings. The van der Waals surface area contributed by atoms with Crippen LogP contribution in [0.4, 0.5) is 17.1 Å². The molecule has 5 heteroatoms. The maximum absolute atomic E-state index is 9.41. The molecule has 4 aromatic carbocycles. The molecule has 1 heterocycles. The lowest BCUT2D eigenvalue weighted by atomic mass is 9.80. The van der Waals surface area contributed by atoms with Crippen molar-refractivity contribution in [1.82, 2.24) is 0 Å². The lowest BCUT2D eigenvalue weighted by molar-refractivity contribution is 0.426. The number of rotatable bonds is 4. The first kappa shape index (κ1) is 17.6. The lowest BCUT2D eigenvalue weighted by Crippen LogP contribution is -2.29. The van der Waals surface area contributed by atoms with Gasteiger partial charge in [0.15, 0.2) is 0 Å². The van der Waals surface area contributed by atoms with Gasteiger partial charge in [0.05, 0.1) is 0 Å². The molecule has 4 nitrogen and oxygen atoms in total. The first-order valence-corrected chi connectivity index (χ1v) is 9.43. The van der Waals surface area contributed by atoms with Gasteiger partial charge >= 0.3 is 7.12 Å². The van der Waals surface area contributed by atoms with Gasteiger partial charge in [-0.15, -0.1) is 0 Å². The molecule has 0 unspecified atom stereocenters. The van der Waals surface area contributed by atoms with E-state index in [1.165, 1.54) is 0 Å². The van der Waals surface area contributed by atoms with Crippen LogP contribution in [0.2, 0.25) is 0 Å². The van der Waals surface area contributed by atoms with Crippen LogP contribution in [0.15, 0.2) is 101 Å². The van der Waals surface area contributed by atoms with Gasteiger partial charge in [-0.2, -0.15) is 0 Å². The van der Waals surface area contributed by atoms with Crippen molar-refractivity contribution in [2.45, 2.75) is 0 Å². The van der Waals surface area contributed by atoms with E-state index >= 15 is 0 Å². The third-order valence-corrected chi connectivity index (χ3v) is 5.08. The SMILES string of the molecule is OB(O)c1ccc(N(c2ccccc2)c2ccc3oc4ccccc4c3c2)cc1. The summed E-state index contributed by atoms with van der Waals surface area (Å²) in [7, 11) is -1.48. The van der Waals surface area contributed by atoms with Crippen LogP contribution in [0.5, 0.6) is 0 Å². The van der Waals surface area contributed by atoms with Gasteiger partial charge < -0.3 is 19.4 Å². The molecule has 0 radical (unpaired) electrons. The predicted octanol–water partition coefficient (Wildman–Crippen LogP) is 4.74. The molecule has 0 bridgehead atoms. The van der Waals surface area contributed by atoms with Crippen LogP contribution in [-0.2, 0) is 0 Å². The average molecular weight is 379 g/mol. The van der Waals surface area contributed by atoms with Crippen LogP contribution < -0.4 is 10.4 Å². The maximum Gasteiger partial charge on any atom is 0.488 e. The molecule has 0 aliphatic heterocycles. The second kappa shape index (κ2) is 7.13. The van der Waals surface area contributed by atoms with Crippen molar-refractivity contribution in [2.75, 3.05) is 4.90 Å². The number of fused-ring (bicyclic) bond motifs is 3. The molecule has 0 aliphatic rings. The normalized spacial score (nSPS) is 11.1. The fraction of sp³-hybridized carbons (Fsp3) is 0. The number of hydrogen-bond donors (Lipinski definition) is 2. The minimum absolute atomic E-state index is 0.457. The standard InChI is InChI=1S/C24H18BNO3/c27-25(28)17-10-12-19(13-11-17)26(18-6-2-1-3-7-18)20-14-15-24-22(16-20)21-8-4-5-9-23(21)29-24/h1-16,27-28H. The Balaban J connectivity index is 1.69. The monoisotopic (exact) mass is 379 g/mol. The Hall–Kier alpha value is -3.54. The summed E-state index contributed by atoms with van der Waals surface area (Å²) in [4.78, 5) is 2.13. The average Bonchev–Trinajstić information content (AvgIpc) is 3.13. The highest BCUT2D eigenvalue weighted by Crippen LogP contribution is 2.38. The van der Waals surface area contributed by atoms with Gasteiger partial charge in [-0.3, -0.25) is 0 Å². The van der Waals surface area contributed by atoms with E-state index in [0.29, 0.717) is 5.46 Å². The van der Waals surface area contributed by atoms with E-state index in [2.05, 4.69) is 17.0 Å². The molecule has 0 atom stereocenters. The van der Waals surface area contributed by atoms with Crippen molar-refractivity contribution in [2.24, 2.45) is 0 Å². The van der Waals surface area contributed by atoms with Gasteiger partial charge in [0.25, 0.3) is 0 Å². The molecule has 0 saturated carbocycles. The van der Waals surface area contributed by atoms with Gasteiger partial charge in [0.1, 0.15) is 11.2 Å². The zero-order chi connectivity index (χ0) is 19.8. The zero-order valence-corrected chi connectivity index (χ0v) is 15.6. The van der Waals surface area contributed by atoms with Crippen LogP contribution in [0.25, 0.3) is 21.9 Å². The number of anilines is 3. The molecule has 2 N–H and O–H groups in total. The smallest absolute Gasteiger partial charge is 0.456 e. The summed E-state index contributed by atoms with van der Waals surface area (Å²) in [6.07, 6.45) is 0. The Morgan fingerprint density at radius 2 is 1.21 bits per heavy atom. The summed E-state index contributed by atoms with van der Waals surface area (Å²) >= 11 is 0. The van der Waals surface area contributed by atoms with Crippen molar-refractivity contribution < 1.29 is 14.5 Å². The van der Waals surface area contributed by atoms with E-state index in [-0.39, 0.29) is 0 Å². The van der Waals surface area contributed by atoms with Crippen molar-refractivity contribution in [3.05, 3.63) is 97.1 Å². The first-order chi connectivity index (χ1) is 14.2. The number of benzene rings is 4. The van der Waals surface area contributed by atoms with Gasteiger partial charge in [-0.1, -0.05) is 48.5 Å². The first-order valence-electron chi connectivity index (χ1n) is 9.43. The predicted molar refractivity (Wildman–Crippen MR) is 118 cm³/mol. The van der Waals surface area contributed by atoms with Crippen molar-refractivity contribution in [3.63, 3.8) is 0 Å². The highest BCUT2D eigenvalue weighted by atomic mass is 16.4. The Kier molecular flexibility index (Phi) is 4.32. The summed E-state index contributed by atoms with van der Waals surface area (Å²) in [5.74, 6) is 0. The molecular formula is C24H18BNO3. The van der Waals surface area contributed by atoms with E-state index in [1.54, 1.807) is 12.1 Å². The Morgan fingerprint density at radius 1 is 0.586 bits per heavy atom. The van der Waals surface area contributed by atoms with Crippen molar-refractivity contribution >= 4 is 51.6 Å². The summed E-state index contributed by atoms with van der Waals surface area (Å²) < 4.78 is 5.97. The van der Waals surface area contributed by atoms with E-state index in [1.807, 2.05) is 72.8 Å². The van der Waals surface area contributed by atoms with E-state index in [4.69, 9.17) is 4.42 Å². The molecule has 0 aliphatic carbocycles. The molecule has 1 aromatic heterocycles. The highest BCUT2D eigenvalue weighted by Gasteiger charge is 2.16.